The van der Waals surface area contributed by atoms with Crippen molar-refractivity contribution in [3.05, 3.63) is 42.0 Å². The smallest absolute Gasteiger partial charge is 0.303 e. The lowest BCUT2D eigenvalue weighted by molar-refractivity contribution is -0.137. The average Bonchev–Trinajstić information content (AvgIpc) is 3.07. The standard InChI is InChI=1S/C26H38O6S/c1-3-4-9-20(18-12-14-19(32-2)15-13-18)24(29)17-33-26-21(22(27)16-23(26)28)10-7-5-6-8-11-25(30)31/h5,7,12-15,20-21,23-24,26,28-29H,3-4,6,8-11,16-17H2,1-2H3,(H,30,31)/t20?,21-,23?,24?,26+/m0/s1. The first-order chi connectivity index (χ1) is 15.9. The van der Waals surface area contributed by atoms with Gasteiger partial charge in [-0.1, -0.05) is 44.1 Å². The Morgan fingerprint density at radius 2 is 1.97 bits per heavy atom. The molecule has 1 aromatic rings. The Hall–Kier alpha value is -1.83. The van der Waals surface area contributed by atoms with Gasteiger partial charge in [0.15, 0.2) is 0 Å². The van der Waals surface area contributed by atoms with Gasteiger partial charge in [0.1, 0.15) is 11.5 Å². The summed E-state index contributed by atoms with van der Waals surface area (Å²) in [5.41, 5.74) is 1.07. The van der Waals surface area contributed by atoms with Crippen LogP contribution in [-0.4, -0.2) is 57.4 Å². The Morgan fingerprint density at radius 3 is 2.61 bits per heavy atom. The molecule has 0 aliphatic heterocycles. The van der Waals surface area contributed by atoms with E-state index in [4.69, 9.17) is 9.84 Å². The lowest BCUT2D eigenvalue weighted by Gasteiger charge is -2.26. The van der Waals surface area contributed by atoms with Gasteiger partial charge >= 0.3 is 5.97 Å². The van der Waals surface area contributed by atoms with E-state index >= 15 is 0 Å². The first kappa shape index (κ1) is 27.4. The molecule has 184 valence electrons. The number of unbranched alkanes of at least 4 members (excludes halogenated alkanes) is 2. The second-order valence-electron chi connectivity index (χ2n) is 8.72. The first-order valence-electron chi connectivity index (χ1n) is 11.9. The number of hydrogen-bond donors (Lipinski definition) is 3. The summed E-state index contributed by atoms with van der Waals surface area (Å²) >= 11 is 1.49. The number of carbonyl (C=O) groups is 2. The Balaban J connectivity index is 1.96. The van der Waals surface area contributed by atoms with Crippen molar-refractivity contribution in [2.24, 2.45) is 5.92 Å². The van der Waals surface area contributed by atoms with E-state index in [9.17, 15) is 19.8 Å². The third-order valence-corrected chi connectivity index (χ3v) is 7.82. The number of rotatable bonds is 15. The van der Waals surface area contributed by atoms with Gasteiger partial charge in [-0.2, -0.15) is 11.8 Å². The van der Waals surface area contributed by atoms with Crippen LogP contribution < -0.4 is 4.74 Å². The lowest BCUT2D eigenvalue weighted by atomic mass is 9.89. The van der Waals surface area contributed by atoms with Gasteiger partial charge in [-0.25, -0.2) is 0 Å². The molecular formula is C26H38O6S. The van der Waals surface area contributed by atoms with Crippen molar-refractivity contribution in [1.29, 1.82) is 0 Å². The van der Waals surface area contributed by atoms with Crippen molar-refractivity contribution >= 4 is 23.5 Å². The van der Waals surface area contributed by atoms with Crippen molar-refractivity contribution in [3.63, 3.8) is 0 Å². The van der Waals surface area contributed by atoms with E-state index in [0.29, 0.717) is 25.0 Å². The maximum Gasteiger partial charge on any atom is 0.303 e. The number of ether oxygens (including phenoxy) is 1. The Bertz CT molecular complexity index is 763. The van der Waals surface area contributed by atoms with Gasteiger partial charge in [-0.3, -0.25) is 9.59 Å². The van der Waals surface area contributed by atoms with Gasteiger partial charge in [0, 0.05) is 35.7 Å². The van der Waals surface area contributed by atoms with Gasteiger partial charge in [0.2, 0.25) is 0 Å². The van der Waals surface area contributed by atoms with Crippen LogP contribution in [0.3, 0.4) is 0 Å². The summed E-state index contributed by atoms with van der Waals surface area (Å²) in [5, 5.41) is 30.0. The minimum atomic E-state index is -0.806. The first-order valence-corrected chi connectivity index (χ1v) is 12.9. The summed E-state index contributed by atoms with van der Waals surface area (Å²) in [5.74, 6) is 0.201. The summed E-state index contributed by atoms with van der Waals surface area (Å²) in [7, 11) is 1.63. The number of aliphatic hydroxyl groups excluding tert-OH is 2. The zero-order valence-corrected chi connectivity index (χ0v) is 20.5. The SMILES string of the molecule is CCCCC(c1ccc(OC)cc1)C(O)CS[C@H]1C(O)CC(=O)[C@@H]1CC=CCCCC(=O)O. The molecule has 0 radical (unpaired) electrons. The minimum absolute atomic E-state index is 0.00909. The summed E-state index contributed by atoms with van der Waals surface area (Å²) in [6, 6.07) is 7.82. The van der Waals surface area contributed by atoms with Crippen LogP contribution in [-0.2, 0) is 9.59 Å². The largest absolute Gasteiger partial charge is 0.497 e. The van der Waals surface area contributed by atoms with E-state index in [1.54, 1.807) is 7.11 Å². The number of methoxy groups -OCH3 is 1. The lowest BCUT2D eigenvalue weighted by Crippen LogP contribution is -2.28. The molecule has 1 saturated carbocycles. The Labute approximate surface area is 201 Å². The number of hydrogen-bond acceptors (Lipinski definition) is 6. The Morgan fingerprint density at radius 1 is 1.24 bits per heavy atom. The van der Waals surface area contributed by atoms with Crippen LogP contribution in [0.15, 0.2) is 36.4 Å². The summed E-state index contributed by atoms with van der Waals surface area (Å²) in [6.07, 6.45) is 7.55. The number of carboxylic acid groups (broad SMARTS) is 1. The molecule has 0 heterocycles. The molecule has 1 aromatic carbocycles. The predicted molar refractivity (Wildman–Crippen MR) is 132 cm³/mol. The highest BCUT2D eigenvalue weighted by Crippen LogP contribution is 2.38. The number of allylic oxidation sites excluding steroid dienone is 2. The van der Waals surface area contributed by atoms with E-state index in [1.807, 2.05) is 36.4 Å². The minimum Gasteiger partial charge on any atom is -0.497 e. The number of Topliss-reactive ketones (excluding diaryl/α,β-unsaturated/α-hetero) is 1. The van der Waals surface area contributed by atoms with Crippen LogP contribution in [0.25, 0.3) is 0 Å². The average molecular weight is 479 g/mol. The van der Waals surface area contributed by atoms with Crippen LogP contribution in [0, 0.1) is 5.92 Å². The number of carboxylic acids is 1. The molecule has 1 aliphatic carbocycles. The summed E-state index contributed by atoms with van der Waals surface area (Å²) < 4.78 is 5.25. The normalized spacial score (nSPS) is 22.5. The highest BCUT2D eigenvalue weighted by Gasteiger charge is 2.41. The fraction of sp³-hybridized carbons (Fsp3) is 0.615. The molecule has 3 N–H and O–H groups in total. The molecule has 0 aromatic heterocycles. The van der Waals surface area contributed by atoms with Crippen LogP contribution in [0.2, 0.25) is 0 Å². The van der Waals surface area contributed by atoms with E-state index in [-0.39, 0.29) is 35.7 Å². The molecule has 0 bridgehead atoms. The summed E-state index contributed by atoms with van der Waals surface area (Å²) in [4.78, 5) is 23.0. The van der Waals surface area contributed by atoms with Crippen LogP contribution in [0.1, 0.15) is 69.8 Å². The van der Waals surface area contributed by atoms with Crippen molar-refractivity contribution in [2.45, 2.75) is 81.7 Å². The van der Waals surface area contributed by atoms with Crippen LogP contribution in [0.5, 0.6) is 5.75 Å². The quantitative estimate of drug-likeness (QED) is 0.250. The molecule has 33 heavy (non-hydrogen) atoms. The zero-order chi connectivity index (χ0) is 24.2. The van der Waals surface area contributed by atoms with Crippen LogP contribution in [0.4, 0.5) is 0 Å². The summed E-state index contributed by atoms with van der Waals surface area (Å²) in [6.45, 7) is 2.13. The monoisotopic (exact) mass is 478 g/mol. The number of thioether (sulfide) groups is 1. The Kier molecular flexibility index (Phi) is 12.0. The van der Waals surface area contributed by atoms with Gasteiger partial charge in [0.25, 0.3) is 0 Å². The van der Waals surface area contributed by atoms with Crippen molar-refractivity contribution < 1.29 is 29.6 Å². The predicted octanol–water partition coefficient (Wildman–Crippen LogP) is 4.58. The zero-order valence-electron chi connectivity index (χ0n) is 19.7. The van der Waals surface area contributed by atoms with E-state index < -0.39 is 18.2 Å². The molecule has 0 saturated heterocycles. The number of benzene rings is 1. The van der Waals surface area contributed by atoms with Crippen molar-refractivity contribution in [1.82, 2.24) is 0 Å². The molecular weight excluding hydrogens is 440 g/mol. The molecule has 0 amide bonds. The number of carbonyl (C=O) groups excluding carboxylic acids is 1. The van der Waals surface area contributed by atoms with E-state index in [0.717, 1.165) is 30.6 Å². The topological polar surface area (TPSA) is 104 Å². The number of aliphatic hydroxyl groups is 2. The maximum absolute atomic E-state index is 12.4. The third-order valence-electron chi connectivity index (χ3n) is 6.25. The van der Waals surface area contributed by atoms with Crippen molar-refractivity contribution in [2.75, 3.05) is 12.9 Å². The number of aliphatic carboxylic acids is 1. The van der Waals surface area contributed by atoms with Crippen LogP contribution >= 0.6 is 11.8 Å². The van der Waals surface area contributed by atoms with Crippen molar-refractivity contribution in [3.8, 4) is 5.75 Å². The molecule has 6 nitrogen and oxygen atoms in total. The molecule has 1 aliphatic rings. The van der Waals surface area contributed by atoms with Gasteiger partial charge in [0.05, 0.1) is 19.3 Å². The molecule has 1 fully saturated rings. The second-order valence-corrected chi connectivity index (χ2v) is 9.94. The van der Waals surface area contributed by atoms with Gasteiger partial charge < -0.3 is 20.1 Å². The maximum atomic E-state index is 12.4. The van der Waals surface area contributed by atoms with E-state index in [1.165, 1.54) is 11.8 Å². The molecule has 5 atom stereocenters. The van der Waals surface area contributed by atoms with E-state index in [2.05, 4.69) is 6.92 Å². The van der Waals surface area contributed by atoms with Gasteiger partial charge in [-0.05, 0) is 43.4 Å². The number of ketones is 1. The highest BCUT2D eigenvalue weighted by atomic mass is 32.2. The fourth-order valence-electron chi connectivity index (χ4n) is 4.33. The highest BCUT2D eigenvalue weighted by molar-refractivity contribution is 8.00. The molecule has 7 heteroatoms. The molecule has 0 spiro atoms. The van der Waals surface area contributed by atoms with Gasteiger partial charge in [-0.15, -0.1) is 0 Å². The molecule has 3 unspecified atom stereocenters. The fourth-order valence-corrected chi connectivity index (χ4v) is 5.80. The third kappa shape index (κ3) is 8.80. The molecule has 2 rings (SSSR count). The second kappa shape index (κ2) is 14.4.